The summed E-state index contributed by atoms with van der Waals surface area (Å²) in [7, 11) is 0. The average Bonchev–Trinajstić information content (AvgIpc) is 2.27. The van der Waals surface area contributed by atoms with Crippen molar-refractivity contribution in [1.82, 2.24) is 0 Å². The summed E-state index contributed by atoms with van der Waals surface area (Å²) in [6.07, 6.45) is 4.33. The maximum absolute atomic E-state index is 2.18. The highest BCUT2D eigenvalue weighted by Crippen LogP contribution is 2.06. The van der Waals surface area contributed by atoms with Crippen molar-refractivity contribution in [3.05, 3.63) is 46.8 Å². The Bertz CT molecular complexity index is 562. The second-order valence-corrected chi connectivity index (χ2v) is 3.37. The number of hydrogen-bond donors (Lipinski definition) is 0. The molecule has 0 bridgehead atoms. The summed E-state index contributed by atoms with van der Waals surface area (Å²) < 4.78 is 0. The van der Waals surface area contributed by atoms with Gasteiger partial charge in [0.05, 0.1) is 0 Å². The van der Waals surface area contributed by atoms with Crippen LogP contribution in [0.15, 0.2) is 36.4 Å². The Hall–Kier alpha value is -1.56. The van der Waals surface area contributed by atoms with Crippen LogP contribution in [0.3, 0.4) is 0 Å². The molecule has 0 amide bonds. The molecule has 14 heavy (non-hydrogen) atoms. The first-order chi connectivity index (χ1) is 6.86. The van der Waals surface area contributed by atoms with E-state index in [-0.39, 0.29) is 0 Å². The predicted molar refractivity (Wildman–Crippen MR) is 63.5 cm³/mol. The molecule has 2 aromatic carbocycles. The molecule has 70 valence electrons. The lowest BCUT2D eigenvalue weighted by atomic mass is 10.1. The Kier molecular flexibility index (Phi) is 2.36. The fourth-order valence-electron chi connectivity index (χ4n) is 1.89. The molecule has 0 spiro atoms. The number of hydrogen-bond acceptors (Lipinski definition) is 0. The van der Waals surface area contributed by atoms with Crippen LogP contribution in [0.5, 0.6) is 0 Å². The van der Waals surface area contributed by atoms with E-state index in [1.165, 1.54) is 21.2 Å². The summed E-state index contributed by atoms with van der Waals surface area (Å²) in [4.78, 5) is 0. The number of fused-ring (bicyclic) bond motifs is 1. The Labute approximate surface area is 84.2 Å². The molecule has 0 aromatic heterocycles. The van der Waals surface area contributed by atoms with Crippen LogP contribution in [0.1, 0.15) is 13.8 Å². The molecular weight excluding hydrogens is 168 g/mol. The summed E-state index contributed by atoms with van der Waals surface area (Å²) in [6.45, 7) is 4.17. The summed E-state index contributed by atoms with van der Waals surface area (Å²) >= 11 is 0. The van der Waals surface area contributed by atoms with Crippen LogP contribution in [0, 0.1) is 0 Å². The molecule has 0 saturated heterocycles. The third kappa shape index (κ3) is 1.33. The first kappa shape index (κ1) is 9.01. The van der Waals surface area contributed by atoms with E-state index in [0.717, 1.165) is 0 Å². The van der Waals surface area contributed by atoms with Crippen molar-refractivity contribution in [1.29, 1.82) is 0 Å². The first-order valence-corrected chi connectivity index (χ1v) is 4.97. The van der Waals surface area contributed by atoms with Gasteiger partial charge >= 0.3 is 0 Å². The second kappa shape index (κ2) is 3.67. The SMILES string of the molecule is C/C=c1/ccc2ccccc2/c1=C/C. The fourth-order valence-corrected chi connectivity index (χ4v) is 1.89. The topological polar surface area (TPSA) is 0 Å². The van der Waals surface area contributed by atoms with Crippen molar-refractivity contribution in [3.8, 4) is 0 Å². The van der Waals surface area contributed by atoms with Gasteiger partial charge in [-0.25, -0.2) is 0 Å². The minimum atomic E-state index is 1.31. The lowest BCUT2D eigenvalue weighted by molar-refractivity contribution is 1.55. The zero-order valence-electron chi connectivity index (χ0n) is 8.62. The quantitative estimate of drug-likeness (QED) is 0.587. The monoisotopic (exact) mass is 182 g/mol. The highest BCUT2D eigenvalue weighted by molar-refractivity contribution is 5.83. The summed E-state index contributed by atoms with van der Waals surface area (Å²) in [5, 5.41) is 5.30. The standard InChI is InChI=1S/C14H14/c1-3-11-9-10-12-7-5-6-8-14(12)13(11)4-2/h3-10H,1-2H3/b11-3-,13-4+. The van der Waals surface area contributed by atoms with Gasteiger partial charge in [-0.1, -0.05) is 48.6 Å². The third-order valence-electron chi connectivity index (χ3n) is 2.60. The number of rotatable bonds is 0. The molecule has 0 saturated carbocycles. The maximum atomic E-state index is 2.18. The molecule has 0 aliphatic rings. The van der Waals surface area contributed by atoms with Crippen LogP contribution in [0.25, 0.3) is 22.9 Å². The van der Waals surface area contributed by atoms with Gasteiger partial charge in [-0.15, -0.1) is 0 Å². The Morgan fingerprint density at radius 3 is 2.36 bits per heavy atom. The Balaban J connectivity index is 3.08. The highest BCUT2D eigenvalue weighted by atomic mass is 14.0. The van der Waals surface area contributed by atoms with E-state index in [9.17, 15) is 0 Å². The van der Waals surface area contributed by atoms with E-state index in [1.807, 2.05) is 0 Å². The minimum absolute atomic E-state index is 1.31. The molecule has 0 aliphatic carbocycles. The van der Waals surface area contributed by atoms with Crippen molar-refractivity contribution in [2.24, 2.45) is 0 Å². The molecular formula is C14H14. The van der Waals surface area contributed by atoms with Gasteiger partial charge in [-0.3, -0.25) is 0 Å². The van der Waals surface area contributed by atoms with Gasteiger partial charge in [-0.2, -0.15) is 0 Å². The predicted octanol–water partition coefficient (Wildman–Crippen LogP) is 2.44. The Morgan fingerprint density at radius 2 is 1.64 bits per heavy atom. The molecule has 0 fully saturated rings. The van der Waals surface area contributed by atoms with Crippen molar-refractivity contribution < 1.29 is 0 Å². The van der Waals surface area contributed by atoms with Gasteiger partial charge in [0.1, 0.15) is 0 Å². The van der Waals surface area contributed by atoms with Crippen molar-refractivity contribution in [3.63, 3.8) is 0 Å². The van der Waals surface area contributed by atoms with Crippen LogP contribution in [-0.2, 0) is 0 Å². The molecule has 0 N–H and O–H groups in total. The van der Waals surface area contributed by atoms with E-state index in [0.29, 0.717) is 0 Å². The average molecular weight is 182 g/mol. The fraction of sp³-hybridized carbons (Fsp3) is 0.143. The Morgan fingerprint density at radius 1 is 0.857 bits per heavy atom. The molecule has 0 heterocycles. The number of benzene rings is 2. The van der Waals surface area contributed by atoms with Crippen LogP contribution in [0.2, 0.25) is 0 Å². The largest absolute Gasteiger partial charge is 0.0798 e. The van der Waals surface area contributed by atoms with Crippen molar-refractivity contribution in [2.75, 3.05) is 0 Å². The summed E-state index contributed by atoms with van der Waals surface area (Å²) in [6, 6.07) is 12.9. The van der Waals surface area contributed by atoms with Crippen LogP contribution in [-0.4, -0.2) is 0 Å². The normalized spacial score (nSPS) is 13.9. The van der Waals surface area contributed by atoms with Gasteiger partial charge in [0.25, 0.3) is 0 Å². The van der Waals surface area contributed by atoms with Crippen LogP contribution in [0.4, 0.5) is 0 Å². The molecule has 0 unspecified atom stereocenters. The lowest BCUT2D eigenvalue weighted by Crippen LogP contribution is -2.24. The molecule has 0 heteroatoms. The highest BCUT2D eigenvalue weighted by Gasteiger charge is 1.93. The molecule has 0 atom stereocenters. The summed E-state index contributed by atoms with van der Waals surface area (Å²) in [5.41, 5.74) is 0. The molecule has 2 rings (SSSR count). The van der Waals surface area contributed by atoms with Gasteiger partial charge in [0.2, 0.25) is 0 Å². The third-order valence-corrected chi connectivity index (χ3v) is 2.60. The molecule has 0 aliphatic heterocycles. The van der Waals surface area contributed by atoms with Gasteiger partial charge in [0.15, 0.2) is 0 Å². The second-order valence-electron chi connectivity index (χ2n) is 3.37. The maximum Gasteiger partial charge on any atom is -0.0109 e. The van der Waals surface area contributed by atoms with Crippen molar-refractivity contribution in [2.45, 2.75) is 13.8 Å². The van der Waals surface area contributed by atoms with Gasteiger partial charge in [0, 0.05) is 0 Å². The van der Waals surface area contributed by atoms with E-state index < -0.39 is 0 Å². The molecule has 2 aromatic rings. The van der Waals surface area contributed by atoms with E-state index in [4.69, 9.17) is 0 Å². The van der Waals surface area contributed by atoms with Crippen LogP contribution < -0.4 is 10.4 Å². The van der Waals surface area contributed by atoms with Crippen molar-refractivity contribution >= 4 is 22.9 Å². The van der Waals surface area contributed by atoms with Gasteiger partial charge < -0.3 is 0 Å². The minimum Gasteiger partial charge on any atom is -0.0798 e. The zero-order chi connectivity index (χ0) is 9.97. The van der Waals surface area contributed by atoms with E-state index >= 15 is 0 Å². The molecule has 0 nitrogen and oxygen atoms in total. The summed E-state index contributed by atoms with van der Waals surface area (Å²) in [5.74, 6) is 0. The van der Waals surface area contributed by atoms with E-state index in [2.05, 4.69) is 62.4 Å². The lowest BCUT2D eigenvalue weighted by Gasteiger charge is -1.98. The van der Waals surface area contributed by atoms with Gasteiger partial charge in [-0.05, 0) is 35.1 Å². The zero-order valence-corrected chi connectivity index (χ0v) is 8.62. The van der Waals surface area contributed by atoms with Crippen LogP contribution >= 0.6 is 0 Å². The first-order valence-electron chi connectivity index (χ1n) is 4.97. The van der Waals surface area contributed by atoms with E-state index in [1.54, 1.807) is 0 Å². The smallest absolute Gasteiger partial charge is 0.0109 e. The molecule has 0 radical (unpaired) electrons.